The third-order valence-electron chi connectivity index (χ3n) is 1.70. The third kappa shape index (κ3) is 1.58. The molecule has 0 atom stereocenters. The van der Waals surface area contributed by atoms with Crippen LogP contribution in [0, 0.1) is 0 Å². The quantitative estimate of drug-likeness (QED) is 0.832. The lowest BCUT2D eigenvalue weighted by Crippen LogP contribution is -2.00. The maximum Gasteiger partial charge on any atom is 0.221 e. The van der Waals surface area contributed by atoms with Gasteiger partial charge in [0.2, 0.25) is 5.95 Å². The van der Waals surface area contributed by atoms with Crippen molar-refractivity contribution in [1.29, 1.82) is 0 Å². The van der Waals surface area contributed by atoms with Crippen LogP contribution in [0.15, 0.2) is 22.1 Å². The molecule has 0 aliphatic heterocycles. The number of nitrogens with two attached hydrogens (primary N) is 2. The topological polar surface area (TPSA) is 77.8 Å². The number of hydrogen-bond acceptors (Lipinski definition) is 5. The number of thiophene rings is 1. The molecular formula is C8H7BrN4S. The smallest absolute Gasteiger partial charge is 0.221 e. The first kappa shape index (κ1) is 9.42. The Kier molecular flexibility index (Phi) is 2.39. The second kappa shape index (κ2) is 3.55. The van der Waals surface area contributed by atoms with Crippen LogP contribution in [0.2, 0.25) is 0 Å². The molecule has 0 aromatic carbocycles. The summed E-state index contributed by atoms with van der Waals surface area (Å²) in [5.74, 6) is 0.597. The highest BCUT2D eigenvalue weighted by atomic mass is 79.9. The second-order valence-electron chi connectivity index (χ2n) is 2.62. The molecule has 4 N–H and O–H groups in total. The summed E-state index contributed by atoms with van der Waals surface area (Å²) in [7, 11) is 0. The highest BCUT2D eigenvalue weighted by Gasteiger charge is 2.09. The van der Waals surface area contributed by atoms with E-state index in [1.54, 1.807) is 17.5 Å². The zero-order valence-corrected chi connectivity index (χ0v) is 9.47. The molecule has 2 aromatic heterocycles. The molecule has 0 aliphatic carbocycles. The van der Waals surface area contributed by atoms with Crippen molar-refractivity contribution < 1.29 is 0 Å². The summed E-state index contributed by atoms with van der Waals surface area (Å²) in [6.07, 6.45) is 1.63. The Balaban J connectivity index is 2.58. The van der Waals surface area contributed by atoms with Crippen LogP contribution in [0.4, 0.5) is 11.8 Å². The van der Waals surface area contributed by atoms with E-state index in [1.165, 1.54) is 0 Å². The van der Waals surface area contributed by atoms with Gasteiger partial charge < -0.3 is 11.5 Å². The van der Waals surface area contributed by atoms with Crippen LogP contribution in [0.25, 0.3) is 10.4 Å². The van der Waals surface area contributed by atoms with Crippen LogP contribution in [-0.4, -0.2) is 9.97 Å². The molecule has 6 heteroatoms. The van der Waals surface area contributed by atoms with Gasteiger partial charge >= 0.3 is 0 Å². The molecule has 0 saturated heterocycles. The first-order valence-electron chi connectivity index (χ1n) is 3.80. The molecule has 4 nitrogen and oxygen atoms in total. The Labute approximate surface area is 93.1 Å². The fourth-order valence-electron chi connectivity index (χ4n) is 1.07. The molecule has 0 spiro atoms. The lowest BCUT2D eigenvalue weighted by atomic mass is 10.2. The van der Waals surface area contributed by atoms with Gasteiger partial charge in [0, 0.05) is 10.7 Å². The number of anilines is 2. The van der Waals surface area contributed by atoms with Crippen LogP contribution in [-0.2, 0) is 0 Å². The minimum absolute atomic E-state index is 0.193. The Morgan fingerprint density at radius 3 is 2.71 bits per heavy atom. The van der Waals surface area contributed by atoms with Gasteiger partial charge in [0.1, 0.15) is 5.82 Å². The summed E-state index contributed by atoms with van der Waals surface area (Å²) in [6, 6.07) is 1.95. The predicted octanol–water partition coefficient (Wildman–Crippen LogP) is 2.13. The van der Waals surface area contributed by atoms with Crippen LogP contribution in [0.3, 0.4) is 0 Å². The number of hydrogen-bond donors (Lipinski definition) is 2. The first-order valence-corrected chi connectivity index (χ1v) is 5.47. The molecule has 0 saturated carbocycles. The zero-order valence-electron chi connectivity index (χ0n) is 7.07. The van der Waals surface area contributed by atoms with Crippen molar-refractivity contribution in [3.05, 3.63) is 22.1 Å². The summed E-state index contributed by atoms with van der Waals surface area (Å²) in [5.41, 5.74) is 12.0. The summed E-state index contributed by atoms with van der Waals surface area (Å²) < 4.78 is 0.988. The van der Waals surface area contributed by atoms with Gasteiger partial charge in [-0.3, -0.25) is 0 Å². The van der Waals surface area contributed by atoms with Crippen molar-refractivity contribution >= 4 is 39.0 Å². The lowest BCUT2D eigenvalue weighted by molar-refractivity contribution is 1.20. The Morgan fingerprint density at radius 1 is 1.36 bits per heavy atom. The number of halogens is 1. The highest BCUT2D eigenvalue weighted by molar-refractivity contribution is 9.10. The number of rotatable bonds is 1. The van der Waals surface area contributed by atoms with Crippen molar-refractivity contribution in [1.82, 2.24) is 9.97 Å². The maximum atomic E-state index is 5.74. The van der Waals surface area contributed by atoms with Crippen LogP contribution in [0.1, 0.15) is 0 Å². The number of nitrogens with zero attached hydrogens (tertiary/aromatic N) is 2. The van der Waals surface area contributed by atoms with E-state index in [1.807, 2.05) is 11.4 Å². The van der Waals surface area contributed by atoms with Crippen molar-refractivity contribution in [3.63, 3.8) is 0 Å². The maximum absolute atomic E-state index is 5.74. The molecule has 2 aromatic rings. The summed E-state index contributed by atoms with van der Waals surface area (Å²) in [4.78, 5) is 8.83. The normalized spacial score (nSPS) is 10.4. The van der Waals surface area contributed by atoms with Crippen LogP contribution in [0.5, 0.6) is 0 Å². The van der Waals surface area contributed by atoms with Crippen LogP contribution < -0.4 is 11.5 Å². The Bertz CT molecular complexity index is 468. The van der Waals surface area contributed by atoms with Gasteiger partial charge in [-0.15, -0.1) is 11.3 Å². The fourth-order valence-corrected chi connectivity index (χ4v) is 2.68. The monoisotopic (exact) mass is 270 g/mol. The molecule has 0 radical (unpaired) electrons. The molecule has 2 heterocycles. The Hall–Kier alpha value is -1.14. The van der Waals surface area contributed by atoms with Gasteiger partial charge in [0.15, 0.2) is 0 Å². The number of nitrogen functional groups attached to an aromatic ring is 2. The standard InChI is InChI=1S/C8H7BrN4S/c9-5-1-2-14-6(5)4-3-12-8(11)13-7(4)10/h1-3H,(H4,10,11,12,13). The van der Waals surface area contributed by atoms with Gasteiger partial charge in [0.25, 0.3) is 0 Å². The van der Waals surface area contributed by atoms with E-state index in [0.717, 1.165) is 14.9 Å². The van der Waals surface area contributed by atoms with E-state index in [-0.39, 0.29) is 5.95 Å². The van der Waals surface area contributed by atoms with E-state index < -0.39 is 0 Å². The van der Waals surface area contributed by atoms with Gasteiger partial charge in [-0.1, -0.05) is 0 Å². The summed E-state index contributed by atoms with van der Waals surface area (Å²) in [6.45, 7) is 0. The van der Waals surface area contributed by atoms with E-state index in [2.05, 4.69) is 25.9 Å². The average molecular weight is 271 g/mol. The van der Waals surface area contributed by atoms with Crippen molar-refractivity contribution in [3.8, 4) is 10.4 Å². The van der Waals surface area contributed by atoms with Gasteiger partial charge in [-0.2, -0.15) is 4.98 Å². The molecular weight excluding hydrogens is 264 g/mol. The van der Waals surface area contributed by atoms with Crippen molar-refractivity contribution in [2.75, 3.05) is 11.5 Å². The molecule has 0 fully saturated rings. The van der Waals surface area contributed by atoms with E-state index >= 15 is 0 Å². The molecule has 72 valence electrons. The van der Waals surface area contributed by atoms with Crippen LogP contribution >= 0.6 is 27.3 Å². The fraction of sp³-hybridized carbons (Fsp3) is 0. The zero-order chi connectivity index (χ0) is 10.1. The van der Waals surface area contributed by atoms with Crippen molar-refractivity contribution in [2.24, 2.45) is 0 Å². The first-order chi connectivity index (χ1) is 6.68. The minimum atomic E-state index is 0.193. The van der Waals surface area contributed by atoms with E-state index in [4.69, 9.17) is 11.5 Å². The SMILES string of the molecule is Nc1ncc(-c2sccc2Br)c(N)n1. The van der Waals surface area contributed by atoms with E-state index in [0.29, 0.717) is 5.82 Å². The molecule has 0 unspecified atom stereocenters. The third-order valence-corrected chi connectivity index (χ3v) is 3.57. The molecule has 0 amide bonds. The summed E-state index contributed by atoms with van der Waals surface area (Å²) >= 11 is 5.00. The van der Waals surface area contributed by atoms with Gasteiger partial charge in [-0.25, -0.2) is 4.98 Å². The summed E-state index contributed by atoms with van der Waals surface area (Å²) in [5, 5.41) is 1.97. The predicted molar refractivity (Wildman–Crippen MR) is 61.9 cm³/mol. The highest BCUT2D eigenvalue weighted by Crippen LogP contribution is 2.35. The van der Waals surface area contributed by atoms with E-state index in [9.17, 15) is 0 Å². The molecule has 2 rings (SSSR count). The average Bonchev–Trinajstić information content (AvgIpc) is 2.52. The van der Waals surface area contributed by atoms with Crippen molar-refractivity contribution in [2.45, 2.75) is 0 Å². The largest absolute Gasteiger partial charge is 0.383 e. The molecule has 0 bridgehead atoms. The minimum Gasteiger partial charge on any atom is -0.383 e. The molecule has 14 heavy (non-hydrogen) atoms. The van der Waals surface area contributed by atoms with Gasteiger partial charge in [0.05, 0.1) is 10.4 Å². The Morgan fingerprint density at radius 2 is 2.14 bits per heavy atom. The molecule has 0 aliphatic rings. The second-order valence-corrected chi connectivity index (χ2v) is 4.40. The number of aromatic nitrogens is 2. The lowest BCUT2D eigenvalue weighted by Gasteiger charge is -2.02. The van der Waals surface area contributed by atoms with Gasteiger partial charge in [-0.05, 0) is 27.4 Å².